The summed E-state index contributed by atoms with van der Waals surface area (Å²) in [5.41, 5.74) is 0.00129. The molecular weight excluding hydrogens is 258 g/mol. The van der Waals surface area contributed by atoms with E-state index in [1.165, 1.54) is 16.9 Å². The second kappa shape index (κ2) is 4.99. The number of nitrogens with zero attached hydrogens (tertiary/aromatic N) is 4. The standard InChI is InChI=1S/C13H19N5O2/c1-13(20)3-2-5-17(6-4-13)8-10-7-11(19)18-12(16-10)14-9-15-18/h7,9,20H,2-6,8H2,1H3,(H,14,15,16). The normalized spacial score (nSPS) is 24.9. The van der Waals surface area contributed by atoms with Gasteiger partial charge in [-0.25, -0.2) is 9.97 Å². The van der Waals surface area contributed by atoms with E-state index in [1.807, 2.05) is 6.92 Å². The molecule has 20 heavy (non-hydrogen) atoms. The fraction of sp³-hybridized carbons (Fsp3) is 0.615. The Balaban J connectivity index is 1.77. The number of fused-ring (bicyclic) bond motifs is 1. The minimum absolute atomic E-state index is 0.149. The molecule has 0 aromatic carbocycles. The van der Waals surface area contributed by atoms with Gasteiger partial charge in [0, 0.05) is 19.2 Å². The van der Waals surface area contributed by atoms with Crippen molar-refractivity contribution in [2.75, 3.05) is 13.1 Å². The zero-order chi connectivity index (χ0) is 14.2. The summed E-state index contributed by atoms with van der Waals surface area (Å²) in [7, 11) is 0. The van der Waals surface area contributed by atoms with Gasteiger partial charge in [0.1, 0.15) is 6.33 Å². The van der Waals surface area contributed by atoms with E-state index in [0.717, 1.165) is 38.0 Å². The number of rotatable bonds is 2. The predicted octanol–water partition coefficient (Wildman–Crippen LogP) is 0.154. The summed E-state index contributed by atoms with van der Waals surface area (Å²) in [5, 5.41) is 12.8. The first-order valence-electron chi connectivity index (χ1n) is 6.90. The van der Waals surface area contributed by atoms with Crippen LogP contribution in [0.15, 0.2) is 17.2 Å². The van der Waals surface area contributed by atoms with Crippen LogP contribution in [0.1, 0.15) is 31.9 Å². The highest BCUT2D eigenvalue weighted by atomic mass is 16.3. The molecule has 0 amide bonds. The lowest BCUT2D eigenvalue weighted by Gasteiger charge is -2.22. The molecule has 1 aliphatic heterocycles. The van der Waals surface area contributed by atoms with Crippen molar-refractivity contribution in [3.8, 4) is 0 Å². The van der Waals surface area contributed by atoms with Crippen LogP contribution in [0.5, 0.6) is 0 Å². The maximum absolute atomic E-state index is 11.9. The van der Waals surface area contributed by atoms with Crippen LogP contribution in [0.3, 0.4) is 0 Å². The molecule has 0 bridgehead atoms. The molecule has 2 N–H and O–H groups in total. The fourth-order valence-corrected chi connectivity index (χ4v) is 2.66. The molecule has 2 aromatic rings. The van der Waals surface area contributed by atoms with Crippen LogP contribution < -0.4 is 5.56 Å². The molecule has 1 aliphatic rings. The molecule has 3 heterocycles. The van der Waals surface area contributed by atoms with Crippen molar-refractivity contribution in [1.29, 1.82) is 0 Å². The van der Waals surface area contributed by atoms with Gasteiger partial charge in [-0.05, 0) is 32.7 Å². The van der Waals surface area contributed by atoms with Gasteiger partial charge < -0.3 is 5.11 Å². The van der Waals surface area contributed by atoms with E-state index in [2.05, 4.69) is 20.0 Å². The lowest BCUT2D eigenvalue weighted by Crippen LogP contribution is -2.29. The average molecular weight is 277 g/mol. The Morgan fingerprint density at radius 1 is 1.45 bits per heavy atom. The number of nitrogens with one attached hydrogen (secondary N) is 1. The number of H-pyrrole nitrogens is 1. The Morgan fingerprint density at radius 2 is 2.30 bits per heavy atom. The smallest absolute Gasteiger partial charge is 0.274 e. The SMILES string of the molecule is CC1(O)CCCN(Cc2cc(=O)n3[nH]cnc3n2)CC1. The summed E-state index contributed by atoms with van der Waals surface area (Å²) >= 11 is 0. The van der Waals surface area contributed by atoms with Crippen molar-refractivity contribution in [2.45, 2.75) is 38.3 Å². The second-order valence-corrected chi connectivity index (χ2v) is 5.74. The third kappa shape index (κ3) is 2.73. The van der Waals surface area contributed by atoms with Gasteiger partial charge in [-0.3, -0.25) is 14.8 Å². The van der Waals surface area contributed by atoms with Crippen molar-refractivity contribution in [2.24, 2.45) is 0 Å². The fourth-order valence-electron chi connectivity index (χ4n) is 2.66. The molecule has 108 valence electrons. The number of aromatic nitrogens is 4. The topological polar surface area (TPSA) is 86.5 Å². The highest BCUT2D eigenvalue weighted by Gasteiger charge is 2.25. The van der Waals surface area contributed by atoms with E-state index in [-0.39, 0.29) is 5.56 Å². The first-order chi connectivity index (χ1) is 9.53. The highest BCUT2D eigenvalue weighted by Crippen LogP contribution is 2.21. The number of aliphatic hydroxyl groups is 1. The quantitative estimate of drug-likeness (QED) is 0.816. The zero-order valence-corrected chi connectivity index (χ0v) is 11.5. The Labute approximate surface area is 116 Å². The van der Waals surface area contributed by atoms with Gasteiger partial charge in [-0.2, -0.15) is 4.52 Å². The molecule has 7 nitrogen and oxygen atoms in total. The second-order valence-electron chi connectivity index (χ2n) is 5.74. The van der Waals surface area contributed by atoms with E-state index in [9.17, 15) is 9.90 Å². The molecule has 0 saturated carbocycles. The molecule has 1 unspecified atom stereocenters. The third-order valence-electron chi connectivity index (χ3n) is 3.86. The summed E-state index contributed by atoms with van der Waals surface area (Å²) < 4.78 is 1.32. The largest absolute Gasteiger partial charge is 0.390 e. The predicted molar refractivity (Wildman–Crippen MR) is 73.4 cm³/mol. The van der Waals surface area contributed by atoms with E-state index >= 15 is 0 Å². The lowest BCUT2D eigenvalue weighted by atomic mass is 9.98. The van der Waals surface area contributed by atoms with Crippen molar-refractivity contribution in [3.05, 3.63) is 28.4 Å². The van der Waals surface area contributed by atoms with Crippen molar-refractivity contribution in [3.63, 3.8) is 0 Å². The molecule has 0 radical (unpaired) electrons. The summed E-state index contributed by atoms with van der Waals surface area (Å²) in [6, 6.07) is 1.54. The van der Waals surface area contributed by atoms with Crippen LogP contribution in [-0.4, -0.2) is 48.3 Å². The molecule has 0 aliphatic carbocycles. The van der Waals surface area contributed by atoms with Gasteiger partial charge in [0.05, 0.1) is 11.3 Å². The van der Waals surface area contributed by atoms with E-state index in [1.54, 1.807) is 0 Å². The minimum Gasteiger partial charge on any atom is -0.390 e. The first-order valence-corrected chi connectivity index (χ1v) is 6.90. The Morgan fingerprint density at radius 3 is 3.15 bits per heavy atom. The molecular formula is C13H19N5O2. The van der Waals surface area contributed by atoms with Crippen molar-refractivity contribution in [1.82, 2.24) is 24.5 Å². The number of hydrogen-bond donors (Lipinski definition) is 2. The molecule has 2 aromatic heterocycles. The zero-order valence-electron chi connectivity index (χ0n) is 11.5. The van der Waals surface area contributed by atoms with Crippen LogP contribution in [-0.2, 0) is 6.54 Å². The Kier molecular flexibility index (Phi) is 3.31. The van der Waals surface area contributed by atoms with Gasteiger partial charge in [0.2, 0.25) is 0 Å². The lowest BCUT2D eigenvalue weighted by molar-refractivity contribution is 0.0444. The third-order valence-corrected chi connectivity index (χ3v) is 3.86. The van der Waals surface area contributed by atoms with Gasteiger partial charge in [-0.1, -0.05) is 0 Å². The van der Waals surface area contributed by atoms with Gasteiger partial charge in [-0.15, -0.1) is 0 Å². The van der Waals surface area contributed by atoms with Gasteiger partial charge >= 0.3 is 0 Å². The van der Waals surface area contributed by atoms with Crippen LogP contribution in [0, 0.1) is 0 Å². The maximum Gasteiger partial charge on any atom is 0.274 e. The molecule has 1 saturated heterocycles. The highest BCUT2D eigenvalue weighted by molar-refractivity contribution is 5.25. The van der Waals surface area contributed by atoms with Crippen LogP contribution in [0.25, 0.3) is 5.78 Å². The molecule has 1 fully saturated rings. The first kappa shape index (κ1) is 13.3. The van der Waals surface area contributed by atoms with Crippen LogP contribution in [0.4, 0.5) is 0 Å². The number of likely N-dealkylation sites (tertiary alicyclic amines) is 1. The minimum atomic E-state index is -0.576. The Hall–Kier alpha value is -1.73. The van der Waals surface area contributed by atoms with Crippen molar-refractivity contribution < 1.29 is 5.11 Å². The summed E-state index contributed by atoms with van der Waals surface area (Å²) in [4.78, 5) is 22.5. The number of aromatic amines is 1. The average Bonchev–Trinajstić information content (AvgIpc) is 2.78. The van der Waals surface area contributed by atoms with E-state index < -0.39 is 5.60 Å². The van der Waals surface area contributed by atoms with Gasteiger partial charge in [0.25, 0.3) is 11.3 Å². The monoisotopic (exact) mass is 277 g/mol. The summed E-state index contributed by atoms with van der Waals surface area (Å²) in [6.07, 6.45) is 3.97. The van der Waals surface area contributed by atoms with Gasteiger partial charge in [0.15, 0.2) is 0 Å². The van der Waals surface area contributed by atoms with Crippen LogP contribution in [0.2, 0.25) is 0 Å². The van der Waals surface area contributed by atoms with Crippen molar-refractivity contribution >= 4 is 5.78 Å². The van der Waals surface area contributed by atoms with E-state index in [0.29, 0.717) is 12.3 Å². The molecule has 3 rings (SSSR count). The van der Waals surface area contributed by atoms with Crippen LogP contribution >= 0.6 is 0 Å². The summed E-state index contributed by atoms with van der Waals surface area (Å²) in [6.45, 7) is 4.23. The maximum atomic E-state index is 11.9. The summed E-state index contributed by atoms with van der Waals surface area (Å²) in [5.74, 6) is 0.398. The van der Waals surface area contributed by atoms with E-state index in [4.69, 9.17) is 0 Å². The molecule has 7 heteroatoms. The Bertz CT molecular complexity index is 660. The molecule has 1 atom stereocenters. The number of hydrogen-bond acceptors (Lipinski definition) is 5. The molecule has 0 spiro atoms.